The third-order valence-electron chi connectivity index (χ3n) is 4.03. The van der Waals surface area contributed by atoms with Gasteiger partial charge in [-0.05, 0) is 31.0 Å². The van der Waals surface area contributed by atoms with E-state index in [1.807, 2.05) is 0 Å². The Bertz CT molecular complexity index is 420. The lowest BCUT2D eigenvalue weighted by atomic mass is 9.98. The van der Waals surface area contributed by atoms with E-state index in [1.165, 1.54) is 50.5 Å². The molecular formula is C18H30BrNO. The first-order valence-corrected chi connectivity index (χ1v) is 8.99. The highest BCUT2D eigenvalue weighted by atomic mass is 79.9. The molecule has 0 amide bonds. The van der Waals surface area contributed by atoms with Gasteiger partial charge >= 0.3 is 0 Å². The highest BCUT2D eigenvalue weighted by molar-refractivity contribution is 9.10. The molecule has 0 fully saturated rings. The van der Waals surface area contributed by atoms with Crippen LogP contribution >= 0.6 is 15.9 Å². The zero-order valence-electron chi connectivity index (χ0n) is 13.8. The summed E-state index contributed by atoms with van der Waals surface area (Å²) in [5.74, 6) is 0.908. The van der Waals surface area contributed by atoms with Crippen LogP contribution in [0.25, 0.3) is 0 Å². The van der Waals surface area contributed by atoms with Crippen LogP contribution in [0.4, 0.5) is 0 Å². The fraction of sp³-hybridized carbons (Fsp3) is 0.667. The first-order chi connectivity index (χ1) is 10.1. The molecule has 0 aliphatic heterocycles. The van der Waals surface area contributed by atoms with Crippen LogP contribution in [0.2, 0.25) is 0 Å². The number of rotatable bonds is 10. The number of benzene rings is 1. The van der Waals surface area contributed by atoms with Crippen molar-refractivity contribution in [2.24, 2.45) is 5.73 Å². The summed E-state index contributed by atoms with van der Waals surface area (Å²) in [6.45, 7) is 4.32. The summed E-state index contributed by atoms with van der Waals surface area (Å²) < 4.78 is 6.58. The fourth-order valence-corrected chi connectivity index (χ4v) is 2.97. The van der Waals surface area contributed by atoms with Crippen LogP contribution in [-0.2, 0) is 0 Å². The van der Waals surface area contributed by atoms with Gasteiger partial charge in [0.2, 0.25) is 0 Å². The Hall–Kier alpha value is -0.540. The summed E-state index contributed by atoms with van der Waals surface area (Å²) >= 11 is 3.58. The zero-order chi connectivity index (χ0) is 15.7. The minimum Gasteiger partial charge on any atom is -0.496 e. The smallest absolute Gasteiger partial charge is 0.123 e. The molecule has 0 saturated carbocycles. The van der Waals surface area contributed by atoms with E-state index in [0.717, 1.165) is 22.2 Å². The van der Waals surface area contributed by atoms with Crippen molar-refractivity contribution in [1.29, 1.82) is 0 Å². The molecule has 2 N–H and O–H groups in total. The maximum atomic E-state index is 6.35. The van der Waals surface area contributed by atoms with Crippen molar-refractivity contribution in [3.05, 3.63) is 27.7 Å². The predicted molar refractivity (Wildman–Crippen MR) is 95.0 cm³/mol. The second-order valence-electron chi connectivity index (χ2n) is 5.86. The third-order valence-corrected chi connectivity index (χ3v) is 4.88. The number of nitrogens with two attached hydrogens (primary N) is 1. The lowest BCUT2D eigenvalue weighted by Crippen LogP contribution is -2.12. The molecule has 0 bridgehead atoms. The van der Waals surface area contributed by atoms with Crippen LogP contribution in [0.3, 0.4) is 0 Å². The van der Waals surface area contributed by atoms with E-state index >= 15 is 0 Å². The molecule has 0 aliphatic rings. The molecule has 1 rings (SSSR count). The van der Waals surface area contributed by atoms with Gasteiger partial charge < -0.3 is 10.5 Å². The summed E-state index contributed by atoms with van der Waals surface area (Å²) in [4.78, 5) is 0. The first-order valence-electron chi connectivity index (χ1n) is 8.19. The lowest BCUT2D eigenvalue weighted by molar-refractivity contribution is 0.402. The molecule has 0 spiro atoms. The normalized spacial score (nSPS) is 12.4. The van der Waals surface area contributed by atoms with E-state index in [9.17, 15) is 0 Å². The number of methoxy groups -OCH3 is 1. The molecule has 120 valence electrons. The lowest BCUT2D eigenvalue weighted by Gasteiger charge is -2.17. The van der Waals surface area contributed by atoms with Gasteiger partial charge in [-0.3, -0.25) is 0 Å². The van der Waals surface area contributed by atoms with E-state index in [2.05, 4.69) is 41.9 Å². The Labute approximate surface area is 138 Å². The number of hydrogen-bond donors (Lipinski definition) is 1. The van der Waals surface area contributed by atoms with Crippen molar-refractivity contribution in [3.8, 4) is 5.75 Å². The molecule has 0 heterocycles. The summed E-state index contributed by atoms with van der Waals surface area (Å²) in [6, 6.07) is 4.23. The molecule has 1 unspecified atom stereocenters. The van der Waals surface area contributed by atoms with Crippen LogP contribution in [0.5, 0.6) is 5.75 Å². The van der Waals surface area contributed by atoms with Crippen LogP contribution in [0.1, 0.15) is 75.5 Å². The van der Waals surface area contributed by atoms with Crippen LogP contribution in [0, 0.1) is 6.92 Å². The van der Waals surface area contributed by atoms with Crippen molar-refractivity contribution >= 4 is 15.9 Å². The maximum Gasteiger partial charge on any atom is 0.123 e. The van der Waals surface area contributed by atoms with Crippen molar-refractivity contribution in [2.75, 3.05) is 7.11 Å². The van der Waals surface area contributed by atoms with Gasteiger partial charge in [-0.2, -0.15) is 0 Å². The third kappa shape index (κ3) is 6.39. The van der Waals surface area contributed by atoms with Gasteiger partial charge in [-0.1, -0.05) is 67.8 Å². The van der Waals surface area contributed by atoms with E-state index in [-0.39, 0.29) is 6.04 Å². The van der Waals surface area contributed by atoms with Crippen molar-refractivity contribution < 1.29 is 4.74 Å². The highest BCUT2D eigenvalue weighted by Gasteiger charge is 2.13. The Kier molecular flexibility index (Phi) is 9.02. The fourth-order valence-electron chi connectivity index (χ4n) is 2.61. The summed E-state index contributed by atoms with van der Waals surface area (Å²) in [5.41, 5.74) is 8.64. The van der Waals surface area contributed by atoms with E-state index < -0.39 is 0 Å². The Morgan fingerprint density at radius 2 is 1.71 bits per heavy atom. The minimum atomic E-state index is 0.0625. The van der Waals surface area contributed by atoms with Gasteiger partial charge in [0.25, 0.3) is 0 Å². The molecule has 0 radical (unpaired) electrons. The summed E-state index contributed by atoms with van der Waals surface area (Å²) in [6.07, 6.45) is 10.3. The molecule has 0 aliphatic carbocycles. The number of hydrogen-bond acceptors (Lipinski definition) is 2. The zero-order valence-corrected chi connectivity index (χ0v) is 15.3. The number of ether oxygens (including phenoxy) is 1. The molecule has 0 aromatic heterocycles. The highest BCUT2D eigenvalue weighted by Crippen LogP contribution is 2.32. The van der Waals surface area contributed by atoms with Gasteiger partial charge in [0.05, 0.1) is 7.11 Å². The van der Waals surface area contributed by atoms with Gasteiger partial charge in [-0.25, -0.2) is 0 Å². The molecule has 21 heavy (non-hydrogen) atoms. The average Bonchev–Trinajstić information content (AvgIpc) is 2.48. The Morgan fingerprint density at radius 1 is 1.10 bits per heavy atom. The second kappa shape index (κ2) is 10.2. The monoisotopic (exact) mass is 355 g/mol. The molecule has 2 nitrogen and oxygen atoms in total. The molecule has 1 atom stereocenters. The first kappa shape index (κ1) is 18.5. The van der Waals surface area contributed by atoms with Crippen molar-refractivity contribution in [3.63, 3.8) is 0 Å². The van der Waals surface area contributed by atoms with Gasteiger partial charge in [-0.15, -0.1) is 0 Å². The Morgan fingerprint density at radius 3 is 2.33 bits per heavy atom. The summed E-state index contributed by atoms with van der Waals surface area (Å²) in [7, 11) is 1.71. The van der Waals surface area contributed by atoms with Crippen molar-refractivity contribution in [2.45, 2.75) is 71.3 Å². The standard InChI is InChI=1S/C18H30BrNO/c1-4-5-6-7-8-9-10-11-17(20)15-13-16(19)14(2)12-18(15)21-3/h12-13,17H,4-11,20H2,1-3H3. The summed E-state index contributed by atoms with van der Waals surface area (Å²) in [5, 5.41) is 0. The van der Waals surface area contributed by atoms with Crippen LogP contribution in [0.15, 0.2) is 16.6 Å². The van der Waals surface area contributed by atoms with E-state index in [4.69, 9.17) is 10.5 Å². The minimum absolute atomic E-state index is 0.0625. The van der Waals surface area contributed by atoms with Gasteiger partial charge in [0.15, 0.2) is 0 Å². The predicted octanol–water partition coefficient (Wildman–Crippen LogP) is 5.91. The Balaban J connectivity index is 2.41. The van der Waals surface area contributed by atoms with Gasteiger partial charge in [0.1, 0.15) is 5.75 Å². The van der Waals surface area contributed by atoms with E-state index in [0.29, 0.717) is 0 Å². The SMILES string of the molecule is CCCCCCCCCC(N)c1cc(Br)c(C)cc1OC. The van der Waals surface area contributed by atoms with Gasteiger partial charge in [0, 0.05) is 16.1 Å². The molecule has 0 saturated heterocycles. The topological polar surface area (TPSA) is 35.2 Å². The largest absolute Gasteiger partial charge is 0.496 e. The van der Waals surface area contributed by atoms with E-state index in [1.54, 1.807) is 7.11 Å². The number of unbranched alkanes of at least 4 members (excludes halogenated alkanes) is 6. The maximum absolute atomic E-state index is 6.35. The molecular weight excluding hydrogens is 326 g/mol. The van der Waals surface area contributed by atoms with Crippen molar-refractivity contribution in [1.82, 2.24) is 0 Å². The number of aryl methyl sites for hydroxylation is 1. The van der Waals surface area contributed by atoms with Crippen LogP contribution < -0.4 is 10.5 Å². The molecule has 1 aromatic carbocycles. The van der Waals surface area contributed by atoms with Crippen LogP contribution in [-0.4, -0.2) is 7.11 Å². The second-order valence-corrected chi connectivity index (χ2v) is 6.71. The molecule has 1 aromatic rings. The average molecular weight is 356 g/mol. The number of halogens is 1. The molecule has 3 heteroatoms. The quantitative estimate of drug-likeness (QED) is 0.529.